The molecule has 0 fully saturated rings. The summed E-state index contributed by atoms with van der Waals surface area (Å²) >= 11 is 0. The van der Waals surface area contributed by atoms with Gasteiger partial charge in [0.1, 0.15) is 5.56 Å². The molecule has 29 heavy (non-hydrogen) atoms. The molecule has 5 heteroatoms. The van der Waals surface area contributed by atoms with E-state index in [1.807, 2.05) is 91.8 Å². The number of aryl methyl sites for hydroxylation is 4. The highest BCUT2D eigenvalue weighted by atomic mass is 16.1. The number of amides is 1. The summed E-state index contributed by atoms with van der Waals surface area (Å²) in [6, 6.07) is 18.0. The molecule has 4 rings (SSSR count). The predicted octanol–water partition coefficient (Wildman–Crippen LogP) is 5.15. The summed E-state index contributed by atoms with van der Waals surface area (Å²) in [4.78, 5) is 13.3. The Morgan fingerprint density at radius 3 is 2.31 bits per heavy atom. The van der Waals surface area contributed by atoms with E-state index in [-0.39, 0.29) is 5.91 Å². The Labute approximate surface area is 170 Å². The predicted molar refractivity (Wildman–Crippen MR) is 116 cm³/mol. The van der Waals surface area contributed by atoms with Crippen LogP contribution in [0.4, 0.5) is 5.69 Å². The number of carbonyl (C=O) groups is 1. The van der Waals surface area contributed by atoms with Crippen LogP contribution in [0.5, 0.6) is 0 Å². The molecule has 4 aromatic rings. The van der Waals surface area contributed by atoms with Crippen molar-refractivity contribution in [3.05, 3.63) is 94.9 Å². The van der Waals surface area contributed by atoms with E-state index < -0.39 is 0 Å². The third-order valence-electron chi connectivity index (χ3n) is 4.99. The van der Waals surface area contributed by atoms with Gasteiger partial charge in [-0.2, -0.15) is 5.10 Å². The van der Waals surface area contributed by atoms with E-state index in [0.717, 1.165) is 33.9 Å². The smallest absolute Gasteiger partial charge is 0.261 e. The zero-order chi connectivity index (χ0) is 20.5. The van der Waals surface area contributed by atoms with E-state index >= 15 is 0 Å². The molecule has 1 N–H and O–H groups in total. The molecule has 0 radical (unpaired) electrons. The van der Waals surface area contributed by atoms with Crippen LogP contribution in [0.15, 0.2) is 67.0 Å². The molecule has 2 aromatic heterocycles. The lowest BCUT2D eigenvalue weighted by molar-refractivity contribution is 0.102. The second kappa shape index (κ2) is 7.43. The minimum Gasteiger partial charge on any atom is -0.322 e. The maximum Gasteiger partial charge on any atom is 0.261 e. The van der Waals surface area contributed by atoms with Crippen LogP contribution in [0.2, 0.25) is 0 Å². The van der Waals surface area contributed by atoms with Crippen molar-refractivity contribution >= 4 is 11.6 Å². The van der Waals surface area contributed by atoms with Crippen molar-refractivity contribution < 1.29 is 4.79 Å². The Kier molecular flexibility index (Phi) is 4.80. The average Bonchev–Trinajstić information content (AvgIpc) is 3.31. The SMILES string of the molecule is Cc1cccc(-n2nc(C)c(C(=O)Nc3ccc(C)cc3C)c2-n2cccc2)c1. The molecule has 0 aliphatic heterocycles. The molecule has 0 atom stereocenters. The fourth-order valence-corrected chi connectivity index (χ4v) is 3.57. The molecule has 2 aromatic carbocycles. The lowest BCUT2D eigenvalue weighted by atomic mass is 10.1. The fraction of sp³-hybridized carbons (Fsp3) is 0.167. The van der Waals surface area contributed by atoms with Gasteiger partial charge >= 0.3 is 0 Å². The van der Waals surface area contributed by atoms with Gasteiger partial charge in [0.05, 0.1) is 11.4 Å². The van der Waals surface area contributed by atoms with E-state index in [1.54, 1.807) is 0 Å². The number of carbonyl (C=O) groups excluding carboxylic acids is 1. The van der Waals surface area contributed by atoms with E-state index in [1.165, 1.54) is 0 Å². The zero-order valence-electron chi connectivity index (χ0n) is 17.1. The monoisotopic (exact) mass is 384 g/mol. The van der Waals surface area contributed by atoms with Crippen LogP contribution in [-0.2, 0) is 0 Å². The summed E-state index contributed by atoms with van der Waals surface area (Å²) in [6.07, 6.45) is 3.85. The molecule has 0 saturated heterocycles. The molecular weight excluding hydrogens is 360 g/mol. The van der Waals surface area contributed by atoms with E-state index in [9.17, 15) is 4.79 Å². The van der Waals surface area contributed by atoms with Crippen molar-refractivity contribution in [1.82, 2.24) is 14.3 Å². The van der Waals surface area contributed by atoms with Crippen molar-refractivity contribution in [2.75, 3.05) is 5.32 Å². The average molecular weight is 384 g/mol. The number of hydrogen-bond donors (Lipinski definition) is 1. The van der Waals surface area contributed by atoms with Crippen LogP contribution in [0, 0.1) is 27.7 Å². The Balaban J connectivity index is 1.84. The summed E-state index contributed by atoms with van der Waals surface area (Å²) < 4.78 is 3.76. The lowest BCUT2D eigenvalue weighted by Crippen LogP contribution is -2.16. The van der Waals surface area contributed by atoms with Gasteiger partial charge in [-0.15, -0.1) is 0 Å². The van der Waals surface area contributed by atoms with E-state index in [2.05, 4.69) is 17.4 Å². The number of nitrogens with zero attached hydrogens (tertiary/aromatic N) is 3. The van der Waals surface area contributed by atoms with Gasteiger partial charge in [0.25, 0.3) is 5.91 Å². The van der Waals surface area contributed by atoms with Gasteiger partial charge in [-0.05, 0) is 69.2 Å². The molecule has 1 amide bonds. The number of nitrogens with one attached hydrogen (secondary N) is 1. The first-order valence-electron chi connectivity index (χ1n) is 9.62. The first-order chi connectivity index (χ1) is 13.9. The molecule has 0 aliphatic carbocycles. The van der Waals surface area contributed by atoms with Gasteiger partial charge < -0.3 is 9.88 Å². The van der Waals surface area contributed by atoms with Crippen LogP contribution in [-0.4, -0.2) is 20.3 Å². The molecule has 0 bridgehead atoms. The second-order valence-electron chi connectivity index (χ2n) is 7.40. The van der Waals surface area contributed by atoms with Crippen molar-refractivity contribution in [3.8, 4) is 11.5 Å². The standard InChI is InChI=1S/C24H24N4O/c1-16-8-7-9-20(15-16)28-24(27-12-5-6-13-27)22(19(4)26-28)23(29)25-21-11-10-17(2)14-18(21)3/h5-15H,1-4H3,(H,25,29). The van der Waals surface area contributed by atoms with E-state index in [0.29, 0.717) is 11.3 Å². The highest BCUT2D eigenvalue weighted by Gasteiger charge is 2.24. The van der Waals surface area contributed by atoms with E-state index in [4.69, 9.17) is 5.10 Å². The maximum absolute atomic E-state index is 13.3. The third kappa shape index (κ3) is 3.59. The van der Waals surface area contributed by atoms with Crippen LogP contribution in [0.25, 0.3) is 11.5 Å². The first kappa shape index (κ1) is 18.7. The molecule has 0 unspecified atom stereocenters. The highest BCUT2D eigenvalue weighted by molar-refractivity contribution is 6.07. The summed E-state index contributed by atoms with van der Waals surface area (Å²) in [5.74, 6) is 0.553. The molecule has 0 aliphatic rings. The minimum atomic E-state index is -0.169. The van der Waals surface area contributed by atoms with Crippen LogP contribution in [0.1, 0.15) is 32.7 Å². The number of rotatable bonds is 4. The zero-order valence-corrected chi connectivity index (χ0v) is 17.1. The van der Waals surface area contributed by atoms with Crippen LogP contribution < -0.4 is 5.32 Å². The summed E-state index contributed by atoms with van der Waals surface area (Å²) in [5.41, 5.74) is 6.29. The Hall–Kier alpha value is -3.60. The minimum absolute atomic E-state index is 0.169. The summed E-state index contributed by atoms with van der Waals surface area (Å²) in [5, 5.41) is 7.78. The van der Waals surface area contributed by atoms with Crippen molar-refractivity contribution in [2.24, 2.45) is 0 Å². The van der Waals surface area contributed by atoms with Crippen molar-refractivity contribution in [3.63, 3.8) is 0 Å². The third-order valence-corrected chi connectivity index (χ3v) is 4.99. The molecule has 5 nitrogen and oxygen atoms in total. The summed E-state index contributed by atoms with van der Waals surface area (Å²) in [6.45, 7) is 7.95. The largest absolute Gasteiger partial charge is 0.322 e. The summed E-state index contributed by atoms with van der Waals surface area (Å²) in [7, 11) is 0. The molecule has 2 heterocycles. The molecule has 146 valence electrons. The van der Waals surface area contributed by atoms with Crippen molar-refractivity contribution in [1.29, 1.82) is 0 Å². The van der Waals surface area contributed by atoms with Crippen molar-refractivity contribution in [2.45, 2.75) is 27.7 Å². The fourth-order valence-electron chi connectivity index (χ4n) is 3.57. The Bertz CT molecular complexity index is 1190. The maximum atomic E-state index is 13.3. The van der Waals surface area contributed by atoms with Gasteiger partial charge in [-0.3, -0.25) is 4.79 Å². The molecule has 0 spiro atoms. The molecule has 0 saturated carbocycles. The second-order valence-corrected chi connectivity index (χ2v) is 7.40. The first-order valence-corrected chi connectivity index (χ1v) is 9.62. The van der Waals surface area contributed by atoms with Gasteiger partial charge in [-0.25, -0.2) is 4.68 Å². The topological polar surface area (TPSA) is 51.9 Å². The molecular formula is C24H24N4O. The number of aromatic nitrogens is 3. The normalized spacial score (nSPS) is 10.9. The van der Waals surface area contributed by atoms with Gasteiger partial charge in [-0.1, -0.05) is 29.8 Å². The van der Waals surface area contributed by atoms with Gasteiger partial charge in [0.2, 0.25) is 0 Å². The lowest BCUT2D eigenvalue weighted by Gasteiger charge is -2.13. The number of hydrogen-bond acceptors (Lipinski definition) is 2. The van der Waals surface area contributed by atoms with Crippen LogP contribution >= 0.6 is 0 Å². The number of anilines is 1. The van der Waals surface area contributed by atoms with Crippen LogP contribution in [0.3, 0.4) is 0 Å². The quantitative estimate of drug-likeness (QED) is 0.529. The van der Waals surface area contributed by atoms with Gasteiger partial charge in [0, 0.05) is 18.1 Å². The number of benzene rings is 2. The Morgan fingerprint density at radius 2 is 1.62 bits per heavy atom. The van der Waals surface area contributed by atoms with Gasteiger partial charge in [0.15, 0.2) is 5.82 Å². The Morgan fingerprint density at radius 1 is 0.897 bits per heavy atom. The highest BCUT2D eigenvalue weighted by Crippen LogP contribution is 2.25.